The van der Waals surface area contributed by atoms with Crippen LogP contribution in [0.2, 0.25) is 5.02 Å². The highest BCUT2D eigenvalue weighted by Gasteiger charge is 2.44. The van der Waals surface area contributed by atoms with E-state index < -0.39 is 35.1 Å². The van der Waals surface area contributed by atoms with E-state index in [9.17, 15) is 34.7 Å². The second kappa shape index (κ2) is 23.4. The summed E-state index contributed by atoms with van der Waals surface area (Å²) in [5, 5.41) is 38.2. The zero-order chi connectivity index (χ0) is 50.8. The van der Waals surface area contributed by atoms with E-state index in [4.69, 9.17) is 16.3 Å². The topological polar surface area (TPSA) is 198 Å². The van der Waals surface area contributed by atoms with Crippen molar-refractivity contribution in [2.75, 3.05) is 6.54 Å². The number of aliphatic hydroxyl groups is 1. The van der Waals surface area contributed by atoms with E-state index in [1.807, 2.05) is 107 Å². The third-order valence-corrected chi connectivity index (χ3v) is 14.2. The number of rotatable bonds is 19. The number of benzene rings is 4. The lowest BCUT2D eigenvalue weighted by Gasteiger charge is -2.35. The lowest BCUT2D eigenvalue weighted by molar-refractivity contribution is -0.144. The Morgan fingerprint density at radius 3 is 2.38 bits per heavy atom. The van der Waals surface area contributed by atoms with Crippen molar-refractivity contribution >= 4 is 40.7 Å². The smallest absolute Gasteiger partial charge is 0.266 e. The molecule has 1 aliphatic heterocycles. The van der Waals surface area contributed by atoms with Crippen molar-refractivity contribution < 1.29 is 29.3 Å². The molecule has 0 aliphatic carbocycles. The van der Waals surface area contributed by atoms with Crippen LogP contribution in [0.1, 0.15) is 107 Å². The normalized spacial score (nSPS) is 15.4. The zero-order valence-corrected chi connectivity index (χ0v) is 42.3. The second-order valence-electron chi connectivity index (χ2n) is 19.3. The van der Waals surface area contributed by atoms with Gasteiger partial charge in [-0.25, -0.2) is 4.98 Å². The van der Waals surface area contributed by atoms with Gasteiger partial charge in [0.15, 0.2) is 0 Å². The van der Waals surface area contributed by atoms with E-state index >= 15 is 0 Å². The Morgan fingerprint density at radius 1 is 0.944 bits per heavy atom. The van der Waals surface area contributed by atoms with E-state index in [2.05, 4.69) is 20.6 Å². The predicted molar refractivity (Wildman–Crippen MR) is 278 cm³/mol. The minimum absolute atomic E-state index is 0.00710. The Hall–Kier alpha value is -6.79. The number of amides is 3. The molecule has 0 spiro atoms. The van der Waals surface area contributed by atoms with Crippen LogP contribution in [0.4, 0.5) is 0 Å². The first kappa shape index (κ1) is 52.0. The van der Waals surface area contributed by atoms with Gasteiger partial charge >= 0.3 is 0 Å². The van der Waals surface area contributed by atoms with Crippen LogP contribution < -0.4 is 20.9 Å². The number of nitriles is 1. The molecule has 4 atom stereocenters. The molecule has 1 saturated heterocycles. The molecule has 3 heterocycles. The van der Waals surface area contributed by atoms with Crippen LogP contribution in [0, 0.1) is 23.7 Å². The highest BCUT2D eigenvalue weighted by atomic mass is 35.5. The van der Waals surface area contributed by atoms with Crippen molar-refractivity contribution in [3.05, 3.63) is 146 Å². The molecule has 0 saturated carbocycles. The number of aromatic hydroxyl groups is 1. The van der Waals surface area contributed by atoms with E-state index in [1.54, 1.807) is 47.7 Å². The van der Waals surface area contributed by atoms with Crippen molar-refractivity contribution in [2.24, 2.45) is 5.41 Å². The first-order valence-electron chi connectivity index (χ1n) is 24.1. The average Bonchev–Trinajstić information content (AvgIpc) is 3.97. The van der Waals surface area contributed by atoms with Gasteiger partial charge in [0.1, 0.15) is 41.8 Å². The molecule has 1 aliphatic rings. The molecule has 71 heavy (non-hydrogen) atoms. The van der Waals surface area contributed by atoms with Crippen LogP contribution in [-0.4, -0.2) is 67.5 Å². The van der Waals surface area contributed by atoms with E-state index in [0.29, 0.717) is 52.6 Å². The number of phenolic OH excluding ortho intramolecular Hbond substituents is 1. The number of nitrogens with zero attached hydrogens (tertiary/aromatic N) is 3. The summed E-state index contributed by atoms with van der Waals surface area (Å²) in [4.78, 5) is 63.9. The molecular formula is C56H61ClN6O7S. The number of likely N-dealkylation sites (tertiary alicyclic amines) is 1. The Bertz CT molecular complexity index is 2940. The fraction of sp³-hybridized carbons (Fsp3) is 0.357. The second-order valence-corrected chi connectivity index (χ2v) is 20.6. The van der Waals surface area contributed by atoms with Crippen LogP contribution >= 0.6 is 22.9 Å². The van der Waals surface area contributed by atoms with Crippen molar-refractivity contribution in [3.63, 3.8) is 0 Å². The molecule has 4 aromatic carbocycles. The summed E-state index contributed by atoms with van der Waals surface area (Å²) in [5.74, 6) is -0.522. The number of β-amino-alcohol motifs (C(OH)–C–C–N with tert-alkyl or cyclic N) is 1. The van der Waals surface area contributed by atoms with Gasteiger partial charge in [-0.05, 0) is 96.7 Å². The lowest BCUT2D eigenvalue weighted by atomic mass is 9.85. The summed E-state index contributed by atoms with van der Waals surface area (Å²) in [6.45, 7) is 9.79. The number of carbonyl (C=O) groups excluding carboxylic acids is 3. The Labute approximate surface area is 423 Å². The van der Waals surface area contributed by atoms with E-state index in [-0.39, 0.29) is 48.6 Å². The van der Waals surface area contributed by atoms with Gasteiger partial charge in [-0.2, -0.15) is 5.26 Å². The number of aromatic nitrogens is 2. The molecule has 6 aromatic rings. The highest BCUT2D eigenvalue weighted by molar-refractivity contribution is 7.13. The van der Waals surface area contributed by atoms with Gasteiger partial charge in [0.05, 0.1) is 33.9 Å². The molecule has 15 heteroatoms. The first-order valence-corrected chi connectivity index (χ1v) is 25.3. The maximum absolute atomic E-state index is 14.2. The van der Waals surface area contributed by atoms with Gasteiger partial charge in [0, 0.05) is 35.5 Å². The van der Waals surface area contributed by atoms with Crippen molar-refractivity contribution in [1.82, 2.24) is 25.5 Å². The predicted octanol–water partition coefficient (Wildman–Crippen LogP) is 10.2. The third kappa shape index (κ3) is 13.1. The maximum Gasteiger partial charge on any atom is 0.266 e. The number of pyridine rings is 1. The number of ether oxygens (including phenoxy) is 1. The number of thiazole rings is 1. The molecule has 2 aromatic heterocycles. The van der Waals surface area contributed by atoms with Crippen LogP contribution in [-0.2, 0) is 27.4 Å². The monoisotopic (exact) mass is 996 g/mol. The molecule has 0 unspecified atom stereocenters. The number of aromatic amines is 1. The number of H-pyrrole nitrogens is 1. The fourth-order valence-corrected chi connectivity index (χ4v) is 10.00. The minimum Gasteiger partial charge on any atom is -0.507 e. The van der Waals surface area contributed by atoms with Crippen LogP contribution in [0.5, 0.6) is 11.5 Å². The molecular weight excluding hydrogens is 936 g/mol. The molecule has 370 valence electrons. The third-order valence-electron chi connectivity index (χ3n) is 12.9. The SMILES string of the molecule is Cc1ncsc1-c1ccc([C@H](C)NC(=O)[C@@H]2C[C@@H](O)CN2C(=O)[C@@H](NC(=O)CCCCCCCc2cc(O)c(-c3cc(-c4cccc(OCc5ccccc5)c4)c(C#N)c(=O)[nH]3)cc2Cl)C(C)(C)C)cc1. The van der Waals surface area contributed by atoms with Crippen LogP contribution in [0.15, 0.2) is 107 Å². The number of carbonyl (C=O) groups is 3. The molecule has 0 bridgehead atoms. The Balaban J connectivity index is 0.883. The number of phenols is 1. The standard InChI is InChI=1S/C56H61ClN6O7S/c1-34(37-21-23-38(24-22-37)51-35(2)59-33-71-51)60-54(68)48-27-41(64)31-63(48)55(69)52(56(3,4)5)62-50(66)20-13-8-6-7-12-17-40-26-49(65)44(28-46(40)57)47-29-43(45(30-58)53(67)61-47)39-18-14-19-42(25-39)70-32-36-15-10-9-11-16-36/h9-11,14-16,18-19,21-26,28-29,33-34,41,48,52,64-65H,6-8,12-13,17,20,27,31-32H2,1-5H3,(H,60,68)(H,61,67)(H,62,66)/t34-,41+,48-,52+/m0/s1. The average molecular weight is 998 g/mol. The molecule has 5 N–H and O–H groups in total. The van der Waals surface area contributed by atoms with Crippen molar-refractivity contribution in [2.45, 2.75) is 117 Å². The number of unbranched alkanes of at least 4 members (excludes halogenated alkanes) is 4. The number of aliphatic hydroxyl groups excluding tert-OH is 1. The summed E-state index contributed by atoms with van der Waals surface area (Å²) in [7, 11) is 0. The summed E-state index contributed by atoms with van der Waals surface area (Å²) in [5.41, 5.74) is 6.75. The number of halogens is 1. The maximum atomic E-state index is 14.2. The molecule has 13 nitrogen and oxygen atoms in total. The number of hydrogen-bond acceptors (Lipinski definition) is 10. The molecule has 7 rings (SSSR count). The van der Waals surface area contributed by atoms with E-state index in [1.165, 1.54) is 4.90 Å². The van der Waals surface area contributed by atoms with Crippen molar-refractivity contribution in [3.8, 4) is 50.4 Å². The quantitative estimate of drug-likeness (QED) is 0.0490. The van der Waals surface area contributed by atoms with Gasteiger partial charge in [-0.15, -0.1) is 11.3 Å². The van der Waals surface area contributed by atoms with Crippen molar-refractivity contribution in [1.29, 1.82) is 5.26 Å². The van der Waals surface area contributed by atoms with Gasteiger partial charge in [-0.3, -0.25) is 19.2 Å². The van der Waals surface area contributed by atoms with Crippen LogP contribution in [0.25, 0.3) is 32.8 Å². The summed E-state index contributed by atoms with van der Waals surface area (Å²) < 4.78 is 6.00. The zero-order valence-electron chi connectivity index (χ0n) is 40.8. The van der Waals surface area contributed by atoms with Gasteiger partial charge < -0.3 is 35.5 Å². The Morgan fingerprint density at radius 2 is 1.68 bits per heavy atom. The van der Waals surface area contributed by atoms with E-state index in [0.717, 1.165) is 58.5 Å². The summed E-state index contributed by atoms with van der Waals surface area (Å²) >= 11 is 8.34. The minimum atomic E-state index is -0.912. The largest absolute Gasteiger partial charge is 0.507 e. The van der Waals surface area contributed by atoms with Gasteiger partial charge in [0.25, 0.3) is 5.56 Å². The molecule has 0 radical (unpaired) electrons. The number of nitrogens with one attached hydrogen (secondary N) is 3. The lowest BCUT2D eigenvalue weighted by Crippen LogP contribution is -2.57. The Kier molecular flexibility index (Phi) is 17.2. The first-order chi connectivity index (χ1) is 34.0. The van der Waals surface area contributed by atoms with Crippen LogP contribution in [0.3, 0.4) is 0 Å². The molecule has 1 fully saturated rings. The molecule has 3 amide bonds. The number of hydrogen-bond donors (Lipinski definition) is 5. The van der Waals surface area contributed by atoms with Gasteiger partial charge in [0.2, 0.25) is 17.7 Å². The highest BCUT2D eigenvalue weighted by Crippen LogP contribution is 2.37. The number of aryl methyl sites for hydroxylation is 2. The summed E-state index contributed by atoms with van der Waals surface area (Å²) in [6.07, 6.45) is 3.91. The van der Waals surface area contributed by atoms with Gasteiger partial charge in [-0.1, -0.05) is 118 Å². The fourth-order valence-electron chi connectivity index (χ4n) is 8.93. The summed E-state index contributed by atoms with van der Waals surface area (Å²) in [6, 6.07) is 29.6.